The summed E-state index contributed by atoms with van der Waals surface area (Å²) in [4.78, 5) is 54.9. The van der Waals surface area contributed by atoms with Crippen LogP contribution in [0.1, 0.15) is 229 Å². The van der Waals surface area contributed by atoms with Crippen molar-refractivity contribution in [3.05, 3.63) is 0 Å². The van der Waals surface area contributed by atoms with Crippen molar-refractivity contribution in [3.63, 3.8) is 0 Å². The normalized spacial score (nSPS) is 19.1. The number of nitrogens with zero attached hydrogens (tertiary/aromatic N) is 4. The van der Waals surface area contributed by atoms with Gasteiger partial charge in [0, 0.05) is 86.5 Å². The first-order valence-corrected chi connectivity index (χ1v) is 27.3. The molecule has 5 aliphatic rings. The molecule has 69 heavy (non-hydrogen) atoms. The van der Waals surface area contributed by atoms with Crippen molar-refractivity contribution in [1.82, 2.24) is 30.2 Å². The zero-order valence-electron chi connectivity index (χ0n) is 48.5. The SMILES string of the molecule is C.CC(C)(C)C(=O)N1CCNCC1.CC(C)(C)C(=O)N1CCOCC1.CC(C)(C)C(=O)NC1CCCCC1.CC(C)(C)CN1CCCCC1.CC(C)(C)N1CCCCC1.CCC(=O)CCC(C)(C)C. The molecule has 0 bridgehead atoms. The Hall–Kier alpha value is -2.08. The second-order valence-corrected chi connectivity index (χ2v) is 26.6. The molecule has 0 aromatic heterocycles. The fraction of sp³-hybridized carbons (Fsp3) is 0.931. The summed E-state index contributed by atoms with van der Waals surface area (Å²) in [5.41, 5.74) is 0.481. The summed E-state index contributed by atoms with van der Waals surface area (Å²) >= 11 is 0. The third-order valence-corrected chi connectivity index (χ3v) is 12.6. The van der Waals surface area contributed by atoms with Crippen molar-refractivity contribution >= 4 is 23.5 Å². The number of carbonyl (C=O) groups excluding carboxylic acids is 4. The van der Waals surface area contributed by atoms with E-state index in [4.69, 9.17) is 4.74 Å². The smallest absolute Gasteiger partial charge is 0.228 e. The standard InChI is InChI=1S/C11H21NO.C10H21N.C9H18N2O.C9H17NO2.C9H19N.C9H18O.CH4/c1-11(2,3)10(13)12-9-7-5-4-6-8-9;1-10(2,3)9-11-7-5-4-6-8-11;1-9(2,3)8(12)11-6-4-10-5-7-11;1-9(2,3)8(11)10-4-6-12-7-5-10;1-9(2,3)10-7-5-4-6-8-10;1-5-8(10)6-7-9(2,3)4;/h9H,4-8H2,1-3H3,(H,12,13);4-9H2,1-3H3;10H,4-7H2,1-3H3;4-7H2,1-3H3;4-8H2,1-3H3;5-7H2,1-4H3;1H4. The van der Waals surface area contributed by atoms with Gasteiger partial charge in [-0.3, -0.25) is 24.1 Å². The molecular weight excluding hydrogens is 861 g/mol. The number of Topliss-reactive ketones (excluding diaryl/α,β-unsaturated/α-hetero) is 1. The highest BCUT2D eigenvalue weighted by molar-refractivity contribution is 5.82. The molecule has 4 heterocycles. The molecule has 2 N–H and O–H groups in total. The summed E-state index contributed by atoms with van der Waals surface area (Å²) in [5, 5.41) is 6.35. The summed E-state index contributed by atoms with van der Waals surface area (Å²) in [6.45, 7) is 52.9. The fourth-order valence-corrected chi connectivity index (χ4v) is 8.28. The largest absolute Gasteiger partial charge is 0.378 e. The lowest BCUT2D eigenvalue weighted by molar-refractivity contribution is -0.143. The van der Waals surface area contributed by atoms with Crippen molar-refractivity contribution < 1.29 is 23.9 Å². The Balaban J connectivity index is 0. The average molecular weight is 980 g/mol. The number of piperidine rings is 2. The Morgan fingerprint density at radius 3 is 1.32 bits per heavy atom. The Bertz CT molecular complexity index is 1320. The van der Waals surface area contributed by atoms with E-state index < -0.39 is 0 Å². The van der Waals surface area contributed by atoms with Gasteiger partial charge in [0.1, 0.15) is 5.78 Å². The molecule has 3 amide bonds. The molecule has 1 aliphatic carbocycles. The number of ether oxygens (including phenoxy) is 1. The van der Waals surface area contributed by atoms with E-state index in [1.807, 2.05) is 79.0 Å². The third-order valence-electron chi connectivity index (χ3n) is 12.6. The Morgan fingerprint density at radius 1 is 0.536 bits per heavy atom. The van der Waals surface area contributed by atoms with Crippen LogP contribution < -0.4 is 10.6 Å². The molecule has 410 valence electrons. The summed E-state index contributed by atoms with van der Waals surface area (Å²) in [5.74, 6) is 1.07. The fourth-order valence-electron chi connectivity index (χ4n) is 8.28. The van der Waals surface area contributed by atoms with Crippen LogP contribution in [0.15, 0.2) is 0 Å². The molecule has 0 unspecified atom stereocenters. The van der Waals surface area contributed by atoms with Crippen LogP contribution in [0.4, 0.5) is 0 Å². The number of piperazine rings is 1. The van der Waals surface area contributed by atoms with E-state index in [9.17, 15) is 19.2 Å². The topological polar surface area (TPSA) is 115 Å². The number of ketones is 1. The van der Waals surface area contributed by atoms with Gasteiger partial charge in [0.2, 0.25) is 17.7 Å². The summed E-state index contributed by atoms with van der Waals surface area (Å²) in [7, 11) is 0. The molecule has 4 aliphatic heterocycles. The molecule has 0 aromatic carbocycles. The van der Waals surface area contributed by atoms with Gasteiger partial charge in [0.25, 0.3) is 0 Å². The van der Waals surface area contributed by atoms with Gasteiger partial charge in [-0.25, -0.2) is 0 Å². The Labute approximate surface area is 428 Å². The van der Waals surface area contributed by atoms with Gasteiger partial charge in [0.05, 0.1) is 13.2 Å². The predicted octanol–water partition coefficient (Wildman–Crippen LogP) is 12.1. The summed E-state index contributed by atoms with van der Waals surface area (Å²) < 4.78 is 5.17. The maximum atomic E-state index is 11.7. The van der Waals surface area contributed by atoms with Gasteiger partial charge >= 0.3 is 0 Å². The minimum atomic E-state index is -0.253. The van der Waals surface area contributed by atoms with Crippen LogP contribution in [0, 0.1) is 27.1 Å². The minimum absolute atomic E-state index is 0. The van der Waals surface area contributed by atoms with Gasteiger partial charge in [-0.05, 0) is 103 Å². The second kappa shape index (κ2) is 33.6. The highest BCUT2D eigenvalue weighted by Gasteiger charge is 2.29. The predicted molar refractivity (Wildman–Crippen MR) is 296 cm³/mol. The van der Waals surface area contributed by atoms with Crippen LogP contribution >= 0.6 is 0 Å². The lowest BCUT2D eigenvalue weighted by Crippen LogP contribution is -2.49. The monoisotopic (exact) mass is 979 g/mol. The van der Waals surface area contributed by atoms with E-state index in [-0.39, 0.29) is 41.4 Å². The molecule has 5 rings (SSSR count). The Morgan fingerprint density at radius 2 is 0.957 bits per heavy atom. The molecule has 0 aromatic rings. The van der Waals surface area contributed by atoms with Gasteiger partial charge < -0.3 is 30.1 Å². The number of hydrogen-bond donors (Lipinski definition) is 2. The van der Waals surface area contributed by atoms with E-state index in [0.717, 1.165) is 52.1 Å². The van der Waals surface area contributed by atoms with Crippen molar-refractivity contribution in [1.29, 1.82) is 0 Å². The molecule has 4 saturated heterocycles. The lowest BCUT2D eigenvalue weighted by Gasteiger charge is -2.38. The van der Waals surface area contributed by atoms with Crippen molar-refractivity contribution in [2.75, 3.05) is 85.2 Å². The first-order valence-electron chi connectivity index (χ1n) is 27.3. The minimum Gasteiger partial charge on any atom is -0.378 e. The molecule has 0 spiro atoms. The average Bonchev–Trinajstić information content (AvgIpc) is 3.26. The zero-order chi connectivity index (χ0) is 52.4. The quantitative estimate of drug-likeness (QED) is 0.280. The summed E-state index contributed by atoms with van der Waals surface area (Å²) in [6, 6.07) is 0.445. The number of nitrogens with one attached hydrogen (secondary N) is 2. The first-order chi connectivity index (χ1) is 31.2. The molecular formula is C58H118N6O5. The number of hydrogen-bond acceptors (Lipinski definition) is 8. The molecule has 0 atom stereocenters. The molecule has 0 radical (unpaired) electrons. The third kappa shape index (κ3) is 35.6. The number of amides is 3. The number of rotatable bonds is 5. The van der Waals surface area contributed by atoms with Crippen LogP contribution in [-0.2, 0) is 23.9 Å². The second-order valence-electron chi connectivity index (χ2n) is 26.6. The number of carbonyl (C=O) groups is 4. The summed E-state index contributed by atoms with van der Waals surface area (Å²) in [6.07, 6.45) is 17.2. The van der Waals surface area contributed by atoms with E-state index in [0.29, 0.717) is 47.8 Å². The van der Waals surface area contributed by atoms with E-state index in [1.165, 1.54) is 103 Å². The van der Waals surface area contributed by atoms with E-state index >= 15 is 0 Å². The van der Waals surface area contributed by atoms with Gasteiger partial charge in [-0.2, -0.15) is 0 Å². The van der Waals surface area contributed by atoms with Gasteiger partial charge in [0.15, 0.2) is 0 Å². The number of morpholine rings is 1. The van der Waals surface area contributed by atoms with Crippen LogP contribution in [0.25, 0.3) is 0 Å². The van der Waals surface area contributed by atoms with Crippen molar-refractivity contribution in [2.24, 2.45) is 27.1 Å². The lowest BCUT2D eigenvalue weighted by atomic mass is 9.89. The molecule has 11 nitrogen and oxygen atoms in total. The molecule has 5 fully saturated rings. The van der Waals surface area contributed by atoms with E-state index in [2.05, 4.69) is 82.7 Å². The highest BCUT2D eigenvalue weighted by atomic mass is 16.5. The maximum Gasteiger partial charge on any atom is 0.228 e. The van der Waals surface area contributed by atoms with Crippen LogP contribution in [0.2, 0.25) is 0 Å². The Kier molecular flexibility index (Phi) is 33.6. The maximum absolute atomic E-state index is 11.7. The zero-order valence-corrected chi connectivity index (χ0v) is 48.5. The van der Waals surface area contributed by atoms with E-state index in [1.54, 1.807) is 0 Å². The van der Waals surface area contributed by atoms with Crippen LogP contribution in [0.3, 0.4) is 0 Å². The van der Waals surface area contributed by atoms with Crippen LogP contribution in [-0.4, -0.2) is 140 Å². The van der Waals surface area contributed by atoms with Crippen LogP contribution in [0.5, 0.6) is 0 Å². The first kappa shape index (κ1) is 69.0. The molecule has 11 heteroatoms. The van der Waals surface area contributed by atoms with Gasteiger partial charge in [-0.1, -0.05) is 150 Å². The van der Waals surface area contributed by atoms with Gasteiger partial charge in [-0.15, -0.1) is 0 Å². The number of likely N-dealkylation sites (tertiary alicyclic amines) is 2. The highest BCUT2D eigenvalue weighted by Crippen LogP contribution is 2.23. The molecule has 1 saturated carbocycles. The van der Waals surface area contributed by atoms with Crippen molar-refractivity contribution in [3.8, 4) is 0 Å². The van der Waals surface area contributed by atoms with Crippen molar-refractivity contribution in [2.45, 2.75) is 240 Å².